The largest absolute Gasteiger partial charge is 0.357 e. The van der Waals surface area contributed by atoms with Gasteiger partial charge in [0.05, 0.1) is 5.39 Å². The van der Waals surface area contributed by atoms with Gasteiger partial charge in [-0.3, -0.25) is 4.79 Å². The molecule has 0 aromatic carbocycles. The van der Waals surface area contributed by atoms with E-state index in [-0.39, 0.29) is 5.91 Å². The number of nitrogens with one attached hydrogen (secondary N) is 1. The van der Waals surface area contributed by atoms with Crippen molar-refractivity contribution in [1.82, 2.24) is 19.9 Å². The van der Waals surface area contributed by atoms with Crippen LogP contribution in [0.15, 0.2) is 18.6 Å². The highest BCUT2D eigenvalue weighted by molar-refractivity contribution is 5.87. The Hall–Kier alpha value is -2.11. The van der Waals surface area contributed by atoms with Gasteiger partial charge >= 0.3 is 0 Å². The van der Waals surface area contributed by atoms with Crippen LogP contribution in [0, 0.1) is 0 Å². The molecule has 1 amide bonds. The van der Waals surface area contributed by atoms with Crippen molar-refractivity contribution in [1.29, 1.82) is 0 Å². The van der Waals surface area contributed by atoms with Gasteiger partial charge in [-0.05, 0) is 18.9 Å². The molecule has 1 aliphatic rings. The summed E-state index contributed by atoms with van der Waals surface area (Å²) in [5.74, 6) is 1.18. The van der Waals surface area contributed by atoms with Crippen LogP contribution in [0.5, 0.6) is 0 Å². The smallest absolute Gasteiger partial charge is 0.222 e. The molecule has 2 aromatic heterocycles. The SMILES string of the molecule is CN(CCN1CCCCC1=O)c1ncnc2[nH]ccc12. The summed E-state index contributed by atoms with van der Waals surface area (Å²) in [6.07, 6.45) is 6.27. The predicted octanol–water partition coefficient (Wildman–Crippen LogP) is 1.41. The first-order valence-electron chi connectivity index (χ1n) is 7.03. The quantitative estimate of drug-likeness (QED) is 0.914. The molecule has 1 aliphatic heterocycles. The van der Waals surface area contributed by atoms with Crippen molar-refractivity contribution in [2.24, 2.45) is 0 Å². The van der Waals surface area contributed by atoms with Crippen LogP contribution in [0.3, 0.4) is 0 Å². The zero-order chi connectivity index (χ0) is 13.9. The first-order valence-corrected chi connectivity index (χ1v) is 7.03. The van der Waals surface area contributed by atoms with E-state index in [1.165, 1.54) is 0 Å². The number of aromatic nitrogens is 3. The van der Waals surface area contributed by atoms with Gasteiger partial charge in [0.15, 0.2) is 0 Å². The fourth-order valence-electron chi connectivity index (χ4n) is 2.64. The molecule has 6 heteroatoms. The van der Waals surface area contributed by atoms with Crippen LogP contribution in [-0.4, -0.2) is 52.4 Å². The summed E-state index contributed by atoms with van der Waals surface area (Å²) in [5.41, 5.74) is 0.843. The maximum absolute atomic E-state index is 11.8. The summed E-state index contributed by atoms with van der Waals surface area (Å²) in [6.45, 7) is 2.42. The molecule has 0 atom stereocenters. The highest BCUT2D eigenvalue weighted by Crippen LogP contribution is 2.20. The molecule has 20 heavy (non-hydrogen) atoms. The number of likely N-dealkylation sites (tertiary alicyclic amines) is 1. The molecule has 0 spiro atoms. The monoisotopic (exact) mass is 273 g/mol. The third-order valence-corrected chi connectivity index (χ3v) is 3.82. The predicted molar refractivity (Wildman–Crippen MR) is 77.6 cm³/mol. The summed E-state index contributed by atoms with van der Waals surface area (Å²) in [7, 11) is 2.00. The molecule has 0 unspecified atom stereocenters. The molecule has 3 rings (SSSR count). The Morgan fingerprint density at radius 3 is 3.15 bits per heavy atom. The highest BCUT2D eigenvalue weighted by Gasteiger charge is 2.18. The first kappa shape index (κ1) is 12.9. The van der Waals surface area contributed by atoms with Gasteiger partial charge in [0.25, 0.3) is 0 Å². The van der Waals surface area contributed by atoms with E-state index in [0.717, 1.165) is 49.3 Å². The van der Waals surface area contributed by atoms with E-state index in [0.29, 0.717) is 6.42 Å². The Bertz CT molecular complexity index is 608. The number of hydrogen-bond donors (Lipinski definition) is 1. The molecular formula is C14H19N5O. The van der Waals surface area contributed by atoms with Crippen molar-refractivity contribution in [3.8, 4) is 0 Å². The Kier molecular flexibility index (Phi) is 3.54. The van der Waals surface area contributed by atoms with Gasteiger partial charge in [-0.15, -0.1) is 0 Å². The lowest BCUT2D eigenvalue weighted by Crippen LogP contribution is -2.40. The minimum atomic E-state index is 0.277. The maximum Gasteiger partial charge on any atom is 0.222 e. The Morgan fingerprint density at radius 2 is 2.30 bits per heavy atom. The highest BCUT2D eigenvalue weighted by atomic mass is 16.2. The van der Waals surface area contributed by atoms with Crippen LogP contribution in [0.2, 0.25) is 0 Å². The number of rotatable bonds is 4. The lowest BCUT2D eigenvalue weighted by molar-refractivity contribution is -0.133. The molecule has 106 valence electrons. The van der Waals surface area contributed by atoms with E-state index < -0.39 is 0 Å². The number of carbonyl (C=O) groups excluding carboxylic acids is 1. The topological polar surface area (TPSA) is 65.1 Å². The van der Waals surface area contributed by atoms with Gasteiger partial charge in [-0.25, -0.2) is 9.97 Å². The van der Waals surface area contributed by atoms with Gasteiger partial charge in [-0.1, -0.05) is 0 Å². The van der Waals surface area contributed by atoms with E-state index in [4.69, 9.17) is 0 Å². The molecule has 1 N–H and O–H groups in total. The van der Waals surface area contributed by atoms with E-state index >= 15 is 0 Å². The van der Waals surface area contributed by atoms with Gasteiger partial charge < -0.3 is 14.8 Å². The van der Waals surface area contributed by atoms with E-state index in [9.17, 15) is 4.79 Å². The summed E-state index contributed by atoms with van der Waals surface area (Å²) in [5, 5.41) is 1.01. The Labute approximate surface area is 117 Å². The fraction of sp³-hybridized carbons (Fsp3) is 0.500. The van der Waals surface area contributed by atoms with Gasteiger partial charge in [0, 0.05) is 39.3 Å². The van der Waals surface area contributed by atoms with Crippen LogP contribution in [0.1, 0.15) is 19.3 Å². The number of likely N-dealkylation sites (N-methyl/N-ethyl adjacent to an activating group) is 1. The molecule has 0 bridgehead atoms. The fourth-order valence-corrected chi connectivity index (χ4v) is 2.64. The van der Waals surface area contributed by atoms with Crippen molar-refractivity contribution in [2.45, 2.75) is 19.3 Å². The summed E-state index contributed by atoms with van der Waals surface area (Å²) >= 11 is 0. The van der Waals surface area contributed by atoms with Crippen LogP contribution in [0.25, 0.3) is 11.0 Å². The first-order chi connectivity index (χ1) is 9.75. The van der Waals surface area contributed by atoms with Crippen LogP contribution >= 0.6 is 0 Å². The zero-order valence-corrected chi connectivity index (χ0v) is 11.7. The molecule has 0 saturated carbocycles. The normalized spacial score (nSPS) is 15.8. The van der Waals surface area contributed by atoms with Crippen LogP contribution < -0.4 is 4.90 Å². The van der Waals surface area contributed by atoms with Crippen molar-refractivity contribution < 1.29 is 4.79 Å². The van der Waals surface area contributed by atoms with Gasteiger partial charge in [0.1, 0.15) is 17.8 Å². The third-order valence-electron chi connectivity index (χ3n) is 3.82. The van der Waals surface area contributed by atoms with Crippen molar-refractivity contribution in [3.05, 3.63) is 18.6 Å². The third kappa shape index (κ3) is 2.45. The number of piperidine rings is 1. The second-order valence-corrected chi connectivity index (χ2v) is 5.20. The maximum atomic E-state index is 11.8. The number of H-pyrrole nitrogens is 1. The average molecular weight is 273 g/mol. The van der Waals surface area contributed by atoms with Gasteiger partial charge in [-0.2, -0.15) is 0 Å². The lowest BCUT2D eigenvalue weighted by Gasteiger charge is -2.29. The summed E-state index contributed by atoms with van der Waals surface area (Å²) in [6, 6.07) is 1.98. The Morgan fingerprint density at radius 1 is 1.40 bits per heavy atom. The number of hydrogen-bond acceptors (Lipinski definition) is 4. The van der Waals surface area contributed by atoms with Crippen molar-refractivity contribution in [3.63, 3.8) is 0 Å². The summed E-state index contributed by atoms with van der Waals surface area (Å²) in [4.78, 5) is 27.5. The minimum Gasteiger partial charge on any atom is -0.357 e. The van der Waals surface area contributed by atoms with E-state index in [2.05, 4.69) is 19.9 Å². The van der Waals surface area contributed by atoms with Crippen molar-refractivity contribution >= 4 is 22.8 Å². The molecule has 6 nitrogen and oxygen atoms in total. The number of anilines is 1. The lowest BCUT2D eigenvalue weighted by atomic mass is 10.1. The number of amides is 1. The van der Waals surface area contributed by atoms with Crippen LogP contribution in [-0.2, 0) is 4.79 Å². The number of fused-ring (bicyclic) bond motifs is 1. The molecule has 0 radical (unpaired) electrons. The van der Waals surface area contributed by atoms with Crippen LogP contribution in [0.4, 0.5) is 5.82 Å². The standard InChI is InChI=1S/C14H19N5O/c1-18(8-9-19-7-3-2-4-12(19)20)14-11-5-6-15-13(11)16-10-17-14/h5-6,10H,2-4,7-9H2,1H3,(H,15,16,17). The zero-order valence-electron chi connectivity index (χ0n) is 11.7. The molecule has 2 aromatic rings. The molecule has 1 saturated heterocycles. The molecule has 0 aliphatic carbocycles. The molecule has 3 heterocycles. The van der Waals surface area contributed by atoms with Crippen molar-refractivity contribution in [2.75, 3.05) is 31.6 Å². The molecule has 1 fully saturated rings. The summed E-state index contributed by atoms with van der Waals surface area (Å²) < 4.78 is 0. The van der Waals surface area contributed by atoms with E-state index in [1.807, 2.05) is 24.2 Å². The number of aromatic amines is 1. The second kappa shape index (κ2) is 5.48. The Balaban J connectivity index is 1.68. The van der Waals surface area contributed by atoms with E-state index in [1.54, 1.807) is 6.33 Å². The number of carbonyl (C=O) groups is 1. The average Bonchev–Trinajstić information content (AvgIpc) is 2.94. The molecular weight excluding hydrogens is 254 g/mol. The minimum absolute atomic E-state index is 0.277. The second-order valence-electron chi connectivity index (χ2n) is 5.20. The number of nitrogens with zero attached hydrogens (tertiary/aromatic N) is 4. The van der Waals surface area contributed by atoms with Gasteiger partial charge in [0.2, 0.25) is 5.91 Å².